The van der Waals surface area contributed by atoms with Crippen LogP contribution in [0.1, 0.15) is 19.4 Å². The predicted molar refractivity (Wildman–Crippen MR) is 89.6 cm³/mol. The van der Waals surface area contributed by atoms with Crippen LogP contribution in [0.25, 0.3) is 0 Å². The number of carbonyl (C=O) groups excluding carboxylic acids is 1. The molecule has 0 aliphatic carbocycles. The van der Waals surface area contributed by atoms with Gasteiger partial charge in [0.25, 0.3) is 0 Å². The molecule has 118 valence electrons. The van der Waals surface area contributed by atoms with Crippen molar-refractivity contribution in [3.63, 3.8) is 0 Å². The molecule has 21 heavy (non-hydrogen) atoms. The quantitative estimate of drug-likeness (QED) is 0.644. The molecule has 1 amide bonds. The number of nitrogens with one attached hydrogen (secondary N) is 1. The van der Waals surface area contributed by atoms with Crippen molar-refractivity contribution in [3.05, 3.63) is 22.4 Å². The Morgan fingerprint density at radius 3 is 2.62 bits per heavy atom. The van der Waals surface area contributed by atoms with Crippen molar-refractivity contribution in [1.29, 1.82) is 0 Å². The number of likely N-dealkylation sites (N-methyl/N-ethyl adjacent to an activating group) is 1. The van der Waals surface area contributed by atoms with Gasteiger partial charge < -0.3 is 15.1 Å². The van der Waals surface area contributed by atoms with Crippen molar-refractivity contribution in [2.24, 2.45) is 10.9 Å². The molecule has 1 aromatic heterocycles. The molecule has 0 saturated carbocycles. The molecule has 0 fully saturated rings. The molecule has 0 unspecified atom stereocenters. The lowest BCUT2D eigenvalue weighted by molar-refractivity contribution is -0.127. The summed E-state index contributed by atoms with van der Waals surface area (Å²) < 4.78 is 0. The van der Waals surface area contributed by atoms with E-state index in [9.17, 15) is 4.79 Å². The lowest BCUT2D eigenvalue weighted by atomic mass is 10.2. The molecule has 1 N–H and O–H groups in total. The monoisotopic (exact) mass is 310 g/mol. The second kappa shape index (κ2) is 8.67. The number of carbonyl (C=O) groups is 1. The average Bonchev–Trinajstić information content (AvgIpc) is 2.90. The molecule has 1 rings (SSSR count). The lowest BCUT2D eigenvalue weighted by Gasteiger charge is -2.23. The third-order valence-electron chi connectivity index (χ3n) is 2.89. The van der Waals surface area contributed by atoms with Crippen LogP contribution < -0.4 is 5.32 Å². The van der Waals surface area contributed by atoms with Gasteiger partial charge in [0.05, 0.1) is 0 Å². The molecule has 0 spiro atoms. The molecular weight excluding hydrogens is 284 g/mol. The molecule has 6 heteroatoms. The van der Waals surface area contributed by atoms with Gasteiger partial charge in [-0.15, -0.1) is 0 Å². The number of nitrogens with zero attached hydrogens (tertiary/aromatic N) is 3. The highest BCUT2D eigenvalue weighted by Crippen LogP contribution is 2.08. The fourth-order valence-corrected chi connectivity index (χ4v) is 2.28. The summed E-state index contributed by atoms with van der Waals surface area (Å²) in [5.74, 6) is 1.29. The zero-order valence-electron chi connectivity index (χ0n) is 13.6. The Balaban J connectivity index is 2.70. The van der Waals surface area contributed by atoms with Crippen molar-refractivity contribution in [2.75, 3.05) is 34.2 Å². The SMILES string of the molecule is CC(C)CNC(=NCC(=O)N(C)C)N(C)Cc1ccsc1. The minimum absolute atomic E-state index is 0.00257. The Morgan fingerprint density at radius 1 is 1.38 bits per heavy atom. The van der Waals surface area contributed by atoms with Gasteiger partial charge in [-0.3, -0.25) is 4.79 Å². The van der Waals surface area contributed by atoms with E-state index < -0.39 is 0 Å². The molecule has 0 radical (unpaired) electrons. The molecule has 0 atom stereocenters. The number of aliphatic imine (C=N–C) groups is 1. The van der Waals surface area contributed by atoms with Crippen LogP contribution >= 0.6 is 11.3 Å². The van der Waals surface area contributed by atoms with Crippen LogP contribution in [-0.4, -0.2) is 55.9 Å². The van der Waals surface area contributed by atoms with Crippen molar-refractivity contribution in [1.82, 2.24) is 15.1 Å². The fraction of sp³-hybridized carbons (Fsp3) is 0.600. The molecule has 0 aliphatic rings. The predicted octanol–water partition coefficient (Wildman–Crippen LogP) is 1.87. The first kappa shape index (κ1) is 17.5. The van der Waals surface area contributed by atoms with Crippen molar-refractivity contribution in [2.45, 2.75) is 20.4 Å². The summed E-state index contributed by atoms with van der Waals surface area (Å²) in [6.07, 6.45) is 0. The summed E-state index contributed by atoms with van der Waals surface area (Å²) in [5.41, 5.74) is 1.25. The number of amides is 1. The Bertz CT molecular complexity index is 454. The topological polar surface area (TPSA) is 47.9 Å². The van der Waals surface area contributed by atoms with Gasteiger partial charge in [0.1, 0.15) is 6.54 Å². The van der Waals surface area contributed by atoms with Gasteiger partial charge in [-0.05, 0) is 28.3 Å². The molecule has 0 bridgehead atoms. The van der Waals surface area contributed by atoms with E-state index in [1.54, 1.807) is 30.3 Å². The molecule has 0 saturated heterocycles. The maximum Gasteiger partial charge on any atom is 0.243 e. The van der Waals surface area contributed by atoms with Crippen LogP contribution in [-0.2, 0) is 11.3 Å². The van der Waals surface area contributed by atoms with Gasteiger partial charge >= 0.3 is 0 Å². The number of guanidine groups is 1. The Hall–Kier alpha value is -1.56. The summed E-state index contributed by atoms with van der Waals surface area (Å²) in [5, 5.41) is 7.53. The molecule has 5 nitrogen and oxygen atoms in total. The zero-order valence-corrected chi connectivity index (χ0v) is 14.4. The molecule has 1 heterocycles. The van der Waals surface area contributed by atoms with E-state index in [1.165, 1.54) is 5.56 Å². The van der Waals surface area contributed by atoms with E-state index in [-0.39, 0.29) is 12.5 Å². The van der Waals surface area contributed by atoms with Gasteiger partial charge in [-0.1, -0.05) is 13.8 Å². The molecule has 1 aromatic rings. The third kappa shape index (κ3) is 6.62. The summed E-state index contributed by atoms with van der Waals surface area (Å²) in [7, 11) is 5.48. The second-order valence-electron chi connectivity index (χ2n) is 5.69. The van der Waals surface area contributed by atoms with Crippen LogP contribution in [0.4, 0.5) is 0 Å². The number of thiophene rings is 1. The first-order chi connectivity index (χ1) is 9.90. The molecule has 0 aromatic carbocycles. The van der Waals surface area contributed by atoms with Crippen molar-refractivity contribution < 1.29 is 4.79 Å². The fourth-order valence-electron chi connectivity index (χ4n) is 1.62. The van der Waals surface area contributed by atoms with E-state index >= 15 is 0 Å². The first-order valence-electron chi connectivity index (χ1n) is 7.10. The van der Waals surface area contributed by atoms with Crippen LogP contribution in [0, 0.1) is 5.92 Å². The second-order valence-corrected chi connectivity index (χ2v) is 6.47. The number of hydrogen-bond donors (Lipinski definition) is 1. The molecule has 0 aliphatic heterocycles. The van der Waals surface area contributed by atoms with Crippen LogP contribution in [0.15, 0.2) is 21.8 Å². The molecular formula is C15H26N4OS. The minimum atomic E-state index is 0.00257. The van der Waals surface area contributed by atoms with Gasteiger partial charge in [-0.25, -0.2) is 4.99 Å². The third-order valence-corrected chi connectivity index (χ3v) is 3.62. The van der Waals surface area contributed by atoms with Gasteiger partial charge in [0.15, 0.2) is 5.96 Å². The Kier molecular flexibility index (Phi) is 7.22. The first-order valence-corrected chi connectivity index (χ1v) is 8.05. The van der Waals surface area contributed by atoms with E-state index in [1.807, 2.05) is 11.9 Å². The number of rotatable bonds is 6. The van der Waals surface area contributed by atoms with Gasteiger partial charge in [0, 0.05) is 34.2 Å². The highest BCUT2D eigenvalue weighted by molar-refractivity contribution is 7.07. The van der Waals surface area contributed by atoms with E-state index in [2.05, 4.69) is 41.0 Å². The summed E-state index contributed by atoms with van der Waals surface area (Å²) in [6, 6.07) is 2.10. The standard InChI is InChI=1S/C15H26N4OS/c1-12(2)8-16-15(17-9-14(20)18(3)4)19(5)10-13-6-7-21-11-13/h6-7,11-12H,8-10H2,1-5H3,(H,16,17). The van der Waals surface area contributed by atoms with Gasteiger partial charge in [-0.2, -0.15) is 11.3 Å². The Labute approximate surface area is 131 Å². The van der Waals surface area contributed by atoms with Crippen molar-refractivity contribution in [3.8, 4) is 0 Å². The summed E-state index contributed by atoms with van der Waals surface area (Å²) in [4.78, 5) is 19.7. The average molecular weight is 310 g/mol. The highest BCUT2D eigenvalue weighted by Gasteiger charge is 2.10. The van der Waals surface area contributed by atoms with Gasteiger partial charge in [0.2, 0.25) is 5.91 Å². The normalized spacial score (nSPS) is 11.6. The van der Waals surface area contributed by atoms with Crippen LogP contribution in [0.2, 0.25) is 0 Å². The largest absolute Gasteiger partial charge is 0.356 e. The van der Waals surface area contributed by atoms with E-state index in [0.717, 1.165) is 19.0 Å². The maximum absolute atomic E-state index is 11.7. The smallest absolute Gasteiger partial charge is 0.243 e. The lowest BCUT2D eigenvalue weighted by Crippen LogP contribution is -2.41. The van der Waals surface area contributed by atoms with Crippen LogP contribution in [0.3, 0.4) is 0 Å². The highest BCUT2D eigenvalue weighted by atomic mass is 32.1. The zero-order chi connectivity index (χ0) is 15.8. The van der Waals surface area contributed by atoms with E-state index in [4.69, 9.17) is 0 Å². The van der Waals surface area contributed by atoms with Crippen molar-refractivity contribution >= 4 is 23.2 Å². The Morgan fingerprint density at radius 2 is 2.10 bits per heavy atom. The number of hydrogen-bond acceptors (Lipinski definition) is 3. The van der Waals surface area contributed by atoms with Crippen LogP contribution in [0.5, 0.6) is 0 Å². The summed E-state index contributed by atoms with van der Waals surface area (Å²) in [6.45, 7) is 6.08. The van der Waals surface area contributed by atoms with E-state index in [0.29, 0.717) is 5.92 Å². The summed E-state index contributed by atoms with van der Waals surface area (Å²) >= 11 is 1.69. The minimum Gasteiger partial charge on any atom is -0.356 e. The maximum atomic E-state index is 11.7.